The highest BCUT2D eigenvalue weighted by atomic mass is 31.2. The van der Waals surface area contributed by atoms with Gasteiger partial charge < -0.3 is 9.79 Å². The average Bonchev–Trinajstić information content (AvgIpc) is 2.34. The summed E-state index contributed by atoms with van der Waals surface area (Å²) in [6, 6.07) is 0. The van der Waals surface area contributed by atoms with E-state index in [0.29, 0.717) is 12.8 Å². The minimum Gasteiger partial charge on any atom is -0.303 e. The van der Waals surface area contributed by atoms with E-state index in [1.807, 2.05) is 6.92 Å². The van der Waals surface area contributed by atoms with Crippen LogP contribution in [0.5, 0.6) is 0 Å². The molecule has 0 heterocycles. The standard InChI is InChI=1S/C12H22F5O4P/c1-2-3-4-5-6-7-8-9-10(13)11(14,15)12(16,17)21-22(18,19)20/h10H,2-9H2,1H3,(H2,18,19,20). The summed E-state index contributed by atoms with van der Waals surface area (Å²) in [6.45, 7) is 2.02. The van der Waals surface area contributed by atoms with Crippen LogP contribution in [0.4, 0.5) is 22.0 Å². The molecule has 0 saturated carbocycles. The Hall–Kier alpha value is -0.240. The molecular formula is C12H22F5O4P. The van der Waals surface area contributed by atoms with Gasteiger partial charge >= 0.3 is 19.9 Å². The lowest BCUT2D eigenvalue weighted by atomic mass is 10.0. The van der Waals surface area contributed by atoms with E-state index in [4.69, 9.17) is 9.79 Å². The predicted molar refractivity (Wildman–Crippen MR) is 70.5 cm³/mol. The van der Waals surface area contributed by atoms with Crippen molar-refractivity contribution in [3.8, 4) is 0 Å². The first-order chi connectivity index (χ1) is 9.94. The van der Waals surface area contributed by atoms with Crippen molar-refractivity contribution in [3.05, 3.63) is 0 Å². The molecule has 0 aromatic carbocycles. The second-order valence-electron chi connectivity index (χ2n) is 5.10. The Morgan fingerprint density at radius 1 is 1.00 bits per heavy atom. The highest BCUT2D eigenvalue weighted by molar-refractivity contribution is 7.46. The Kier molecular flexibility index (Phi) is 9.05. The van der Waals surface area contributed by atoms with Crippen molar-refractivity contribution in [2.45, 2.75) is 76.5 Å². The zero-order valence-corrected chi connectivity index (χ0v) is 13.2. The van der Waals surface area contributed by atoms with E-state index in [1.165, 1.54) is 0 Å². The number of unbranched alkanes of at least 4 members (excludes halogenated alkanes) is 6. The van der Waals surface area contributed by atoms with Crippen LogP contribution in [0.3, 0.4) is 0 Å². The third-order valence-electron chi connectivity index (χ3n) is 3.08. The molecule has 0 saturated heterocycles. The van der Waals surface area contributed by atoms with Gasteiger partial charge in [0.1, 0.15) is 0 Å². The van der Waals surface area contributed by atoms with E-state index in [-0.39, 0.29) is 6.42 Å². The van der Waals surface area contributed by atoms with Crippen LogP contribution in [0.25, 0.3) is 0 Å². The number of alkyl halides is 5. The van der Waals surface area contributed by atoms with Crippen molar-refractivity contribution in [1.29, 1.82) is 0 Å². The molecule has 0 aliphatic carbocycles. The average molecular weight is 356 g/mol. The molecule has 0 bridgehead atoms. The molecule has 4 nitrogen and oxygen atoms in total. The fraction of sp³-hybridized carbons (Fsp3) is 1.00. The van der Waals surface area contributed by atoms with Gasteiger partial charge in [0.25, 0.3) is 0 Å². The Morgan fingerprint density at radius 3 is 1.91 bits per heavy atom. The highest BCUT2D eigenvalue weighted by Crippen LogP contribution is 2.50. The van der Waals surface area contributed by atoms with Crippen LogP contribution in [-0.4, -0.2) is 28.0 Å². The monoisotopic (exact) mass is 356 g/mol. The fourth-order valence-corrected chi connectivity index (χ4v) is 2.27. The van der Waals surface area contributed by atoms with Gasteiger partial charge in [-0.1, -0.05) is 51.9 Å². The minimum absolute atomic E-state index is 0.0190. The summed E-state index contributed by atoms with van der Waals surface area (Å²) in [4.78, 5) is 16.3. The Labute approximate surface area is 126 Å². The molecule has 2 N–H and O–H groups in total. The molecule has 10 heteroatoms. The normalized spacial score (nSPS) is 15.1. The van der Waals surface area contributed by atoms with E-state index in [0.717, 1.165) is 25.7 Å². The SMILES string of the molecule is CCCCCCCCCC(F)C(F)(F)C(F)(F)OP(=O)(O)O. The van der Waals surface area contributed by atoms with Crippen LogP contribution in [-0.2, 0) is 9.09 Å². The Balaban J connectivity index is 4.27. The molecular weight excluding hydrogens is 334 g/mol. The first-order valence-corrected chi connectivity index (χ1v) is 8.63. The van der Waals surface area contributed by atoms with Crippen molar-refractivity contribution in [3.63, 3.8) is 0 Å². The van der Waals surface area contributed by atoms with Gasteiger partial charge in [0, 0.05) is 0 Å². The lowest BCUT2D eigenvalue weighted by Crippen LogP contribution is -2.49. The summed E-state index contributed by atoms with van der Waals surface area (Å²) in [7, 11) is -5.87. The molecule has 0 radical (unpaired) electrons. The minimum atomic E-state index is -5.87. The zero-order chi connectivity index (χ0) is 17.4. The molecule has 0 rings (SSSR count). The van der Waals surface area contributed by atoms with Gasteiger partial charge in [-0.3, -0.25) is 0 Å². The molecule has 0 amide bonds. The molecule has 0 fully saturated rings. The van der Waals surface area contributed by atoms with Gasteiger partial charge in [-0.05, 0) is 6.42 Å². The third-order valence-corrected chi connectivity index (χ3v) is 3.54. The quantitative estimate of drug-likeness (QED) is 0.299. The topological polar surface area (TPSA) is 66.8 Å². The molecule has 1 unspecified atom stereocenters. The second-order valence-corrected chi connectivity index (χ2v) is 6.26. The smallest absolute Gasteiger partial charge is 0.303 e. The Morgan fingerprint density at radius 2 is 1.45 bits per heavy atom. The van der Waals surface area contributed by atoms with Crippen molar-refractivity contribution < 1.29 is 40.8 Å². The maximum atomic E-state index is 13.3. The van der Waals surface area contributed by atoms with Crippen molar-refractivity contribution >= 4 is 7.82 Å². The summed E-state index contributed by atoms with van der Waals surface area (Å²) in [5.41, 5.74) is 0. The van der Waals surface area contributed by atoms with Crippen LogP contribution >= 0.6 is 7.82 Å². The first-order valence-electron chi connectivity index (χ1n) is 7.10. The third kappa shape index (κ3) is 7.85. The Bertz CT molecular complexity index is 361. The summed E-state index contributed by atoms with van der Waals surface area (Å²) in [5, 5.41) is 0. The summed E-state index contributed by atoms with van der Waals surface area (Å²) in [6.07, 6.45) is -4.66. The van der Waals surface area contributed by atoms with Gasteiger partial charge in [0.05, 0.1) is 0 Å². The van der Waals surface area contributed by atoms with Crippen LogP contribution in [0, 0.1) is 0 Å². The van der Waals surface area contributed by atoms with Gasteiger partial charge in [-0.2, -0.15) is 17.6 Å². The maximum Gasteiger partial charge on any atom is 0.474 e. The van der Waals surface area contributed by atoms with Crippen molar-refractivity contribution in [1.82, 2.24) is 0 Å². The molecule has 134 valence electrons. The fourth-order valence-electron chi connectivity index (χ4n) is 1.85. The van der Waals surface area contributed by atoms with Crippen LogP contribution < -0.4 is 0 Å². The number of hydrogen-bond acceptors (Lipinski definition) is 2. The number of rotatable bonds is 12. The lowest BCUT2D eigenvalue weighted by Gasteiger charge is -2.28. The van der Waals surface area contributed by atoms with E-state index >= 15 is 0 Å². The number of phosphoric ester groups is 1. The molecule has 0 aliphatic rings. The van der Waals surface area contributed by atoms with E-state index in [2.05, 4.69) is 4.52 Å². The molecule has 0 aromatic heterocycles. The van der Waals surface area contributed by atoms with E-state index in [9.17, 15) is 26.5 Å². The van der Waals surface area contributed by atoms with Crippen molar-refractivity contribution in [2.75, 3.05) is 0 Å². The molecule has 0 aromatic rings. The van der Waals surface area contributed by atoms with Crippen LogP contribution in [0.15, 0.2) is 0 Å². The number of hydrogen-bond donors (Lipinski definition) is 2. The predicted octanol–water partition coefficient (Wildman–Crippen LogP) is 4.80. The molecule has 22 heavy (non-hydrogen) atoms. The summed E-state index contributed by atoms with van der Waals surface area (Å²) >= 11 is 0. The lowest BCUT2D eigenvalue weighted by molar-refractivity contribution is -0.332. The molecule has 0 aliphatic heterocycles. The van der Waals surface area contributed by atoms with Gasteiger partial charge in [-0.15, -0.1) is 0 Å². The molecule has 0 spiro atoms. The zero-order valence-electron chi connectivity index (χ0n) is 12.3. The van der Waals surface area contributed by atoms with Gasteiger partial charge in [0.15, 0.2) is 6.17 Å². The second kappa shape index (κ2) is 9.15. The van der Waals surface area contributed by atoms with Crippen LogP contribution in [0.1, 0.15) is 58.3 Å². The van der Waals surface area contributed by atoms with E-state index in [1.54, 1.807) is 0 Å². The largest absolute Gasteiger partial charge is 0.474 e. The van der Waals surface area contributed by atoms with Crippen molar-refractivity contribution in [2.24, 2.45) is 0 Å². The molecule has 1 atom stereocenters. The van der Waals surface area contributed by atoms with Gasteiger partial charge in [0.2, 0.25) is 0 Å². The maximum absolute atomic E-state index is 13.3. The number of phosphoric acid groups is 1. The summed E-state index contributed by atoms with van der Waals surface area (Å²) < 4.78 is 78.6. The first kappa shape index (κ1) is 21.8. The number of halogens is 5. The van der Waals surface area contributed by atoms with Crippen LogP contribution in [0.2, 0.25) is 0 Å². The summed E-state index contributed by atoms with van der Waals surface area (Å²) in [5.74, 6) is -5.31. The van der Waals surface area contributed by atoms with Gasteiger partial charge in [-0.25, -0.2) is 13.5 Å². The van der Waals surface area contributed by atoms with E-state index < -0.39 is 32.4 Å². The highest BCUT2D eigenvalue weighted by Gasteiger charge is 2.65.